The number of furan rings is 2. The fourth-order valence-electron chi connectivity index (χ4n) is 14.5. The topological polar surface area (TPSA) is 34.5 Å². The van der Waals surface area contributed by atoms with E-state index in [9.17, 15) is 0 Å². The van der Waals surface area contributed by atoms with Crippen molar-refractivity contribution in [3.63, 3.8) is 0 Å². The minimum Gasteiger partial charge on any atom is -0.460 e. The largest absolute Gasteiger partial charge is 0.460 e. The third-order valence-corrected chi connectivity index (χ3v) is 18.7. The maximum Gasteiger partial charge on any atom is 0.143 e. The maximum absolute atomic E-state index is 6.66. The second-order valence-electron chi connectivity index (χ2n) is 23.9. The van der Waals surface area contributed by atoms with Crippen LogP contribution in [0.2, 0.25) is 0 Å². The SMILES string of the molecule is CC1(C)c2cc(-c3cccc4c5c(oc34)CCC=C5)ccc2-c2ccc(N(c3ccc(-c4ccc(-n5c6ccccc6c6ccccc65)cc4)cc3)c3ccc4c(c3)C(C)(C)c3cc(-c5cccc6c5oc5ccccc56)ccc3-4)cc21. The Bertz CT molecular complexity index is 4980. The van der Waals surface area contributed by atoms with Crippen molar-refractivity contribution in [2.24, 2.45) is 0 Å². The average molecular weight is 1050 g/mol. The number of benzene rings is 11. The number of hydrogen-bond donors (Lipinski definition) is 0. The maximum atomic E-state index is 6.66. The van der Waals surface area contributed by atoms with Crippen molar-refractivity contribution in [2.45, 2.75) is 51.4 Å². The summed E-state index contributed by atoms with van der Waals surface area (Å²) in [6, 6.07) is 85.5. The van der Waals surface area contributed by atoms with Gasteiger partial charge in [-0.25, -0.2) is 0 Å². The molecule has 0 N–H and O–H groups in total. The van der Waals surface area contributed by atoms with Crippen LogP contribution in [0.3, 0.4) is 0 Å². The predicted octanol–water partition coefficient (Wildman–Crippen LogP) is 21.5. The van der Waals surface area contributed by atoms with Crippen LogP contribution in [0.1, 0.15) is 67.7 Å². The summed E-state index contributed by atoms with van der Waals surface area (Å²) < 4.78 is 15.6. The summed E-state index contributed by atoms with van der Waals surface area (Å²) in [7, 11) is 0. The third-order valence-electron chi connectivity index (χ3n) is 18.7. The van der Waals surface area contributed by atoms with Gasteiger partial charge in [0.25, 0.3) is 0 Å². The van der Waals surface area contributed by atoms with Crippen molar-refractivity contribution < 1.29 is 8.83 Å². The standard InChI is InChI=1S/C78H56N2O2/c1-77(2)67-43-49(55-19-13-21-65-63-17-7-11-25-73(63)81-75(55)65)31-39-57(67)59-41-37-53(45-69(59)77)79(51-33-27-47(28-34-51)48-29-35-52(36-30-48)80-71-23-9-5-15-61(71)62-16-6-10-24-72(62)80)54-38-42-60-58-40-32-50(44-68(58)78(3,4)70(60)46-54)56-20-14-22-66-64-18-8-12-26-74(64)82-76(56)66/h5-11,13-25,27-46H,12,26H2,1-4H3. The molecule has 82 heavy (non-hydrogen) atoms. The predicted molar refractivity (Wildman–Crippen MR) is 341 cm³/mol. The normalized spacial score (nSPS) is 14.4. The summed E-state index contributed by atoms with van der Waals surface area (Å²) >= 11 is 0. The highest BCUT2D eigenvalue weighted by molar-refractivity contribution is 6.11. The van der Waals surface area contributed by atoms with Gasteiger partial charge in [-0.15, -0.1) is 0 Å². The van der Waals surface area contributed by atoms with Gasteiger partial charge in [-0.2, -0.15) is 0 Å². The molecule has 11 aromatic carbocycles. The van der Waals surface area contributed by atoms with Crippen molar-refractivity contribution in [3.05, 3.63) is 270 Å². The van der Waals surface area contributed by atoms with Crippen LogP contribution >= 0.6 is 0 Å². The highest BCUT2D eigenvalue weighted by Gasteiger charge is 2.39. The number of fused-ring (bicyclic) bond motifs is 15. The van der Waals surface area contributed by atoms with Gasteiger partial charge < -0.3 is 18.3 Å². The van der Waals surface area contributed by atoms with E-state index >= 15 is 0 Å². The Labute approximate surface area is 476 Å². The van der Waals surface area contributed by atoms with Crippen LogP contribution in [0, 0.1) is 0 Å². The van der Waals surface area contributed by atoms with Crippen LogP contribution in [-0.4, -0.2) is 4.57 Å². The van der Waals surface area contributed by atoms with E-state index in [1.165, 1.54) is 94.0 Å². The van der Waals surface area contributed by atoms with E-state index in [1.807, 2.05) is 6.07 Å². The van der Waals surface area contributed by atoms with Gasteiger partial charge >= 0.3 is 0 Å². The van der Waals surface area contributed by atoms with Gasteiger partial charge in [0.1, 0.15) is 22.5 Å². The first-order valence-corrected chi connectivity index (χ1v) is 28.9. The number of para-hydroxylation sites is 5. The highest BCUT2D eigenvalue weighted by Crippen LogP contribution is 2.55. The van der Waals surface area contributed by atoms with E-state index in [2.05, 4.69) is 274 Å². The molecule has 390 valence electrons. The Morgan fingerprint density at radius 3 is 1.44 bits per heavy atom. The van der Waals surface area contributed by atoms with Gasteiger partial charge in [0.2, 0.25) is 0 Å². The number of aryl methyl sites for hydroxylation is 1. The first-order valence-electron chi connectivity index (χ1n) is 28.9. The Morgan fingerprint density at radius 2 is 0.841 bits per heavy atom. The van der Waals surface area contributed by atoms with E-state index in [1.54, 1.807) is 0 Å². The van der Waals surface area contributed by atoms with Crippen molar-refractivity contribution in [2.75, 3.05) is 4.90 Å². The zero-order valence-corrected chi connectivity index (χ0v) is 46.2. The molecule has 0 bridgehead atoms. The Kier molecular flexibility index (Phi) is 9.91. The lowest BCUT2D eigenvalue weighted by molar-refractivity contribution is 0.547. The molecule has 4 nitrogen and oxygen atoms in total. The molecule has 3 aromatic heterocycles. The number of allylic oxidation sites excluding steroid dienone is 1. The molecule has 3 aliphatic rings. The van der Waals surface area contributed by atoms with E-state index in [4.69, 9.17) is 8.83 Å². The summed E-state index contributed by atoms with van der Waals surface area (Å²) in [6.07, 6.45) is 6.46. The lowest BCUT2D eigenvalue weighted by Gasteiger charge is -2.30. The average Bonchev–Trinajstić information content (AvgIpc) is 3.63. The molecule has 4 heteroatoms. The smallest absolute Gasteiger partial charge is 0.143 e. The van der Waals surface area contributed by atoms with Crippen LogP contribution in [0.15, 0.2) is 245 Å². The molecular formula is C78H56N2O2. The monoisotopic (exact) mass is 1050 g/mol. The van der Waals surface area contributed by atoms with Crippen LogP contribution in [0.5, 0.6) is 0 Å². The zero-order valence-electron chi connectivity index (χ0n) is 46.2. The summed E-state index contributed by atoms with van der Waals surface area (Å²) in [5.41, 5.74) is 27.8. The fraction of sp³-hybridized carbons (Fsp3) is 0.103. The minimum absolute atomic E-state index is 0.275. The Morgan fingerprint density at radius 1 is 0.378 bits per heavy atom. The number of aromatic nitrogens is 1. The third kappa shape index (κ3) is 6.79. The van der Waals surface area contributed by atoms with Gasteiger partial charge in [0.05, 0.1) is 11.0 Å². The molecule has 0 atom stereocenters. The van der Waals surface area contributed by atoms with Gasteiger partial charge in [0, 0.05) is 83.6 Å². The van der Waals surface area contributed by atoms with Crippen molar-refractivity contribution >= 4 is 77.9 Å². The second kappa shape index (κ2) is 17.3. The van der Waals surface area contributed by atoms with E-state index in [0.717, 1.165) is 85.6 Å². The van der Waals surface area contributed by atoms with E-state index in [0.29, 0.717) is 0 Å². The number of rotatable bonds is 7. The van der Waals surface area contributed by atoms with Crippen LogP contribution in [0.4, 0.5) is 17.1 Å². The quantitative estimate of drug-likeness (QED) is 0.160. The number of anilines is 3. The van der Waals surface area contributed by atoms with Gasteiger partial charge in [-0.05, 0) is 152 Å². The molecule has 3 heterocycles. The van der Waals surface area contributed by atoms with Crippen molar-refractivity contribution in [1.29, 1.82) is 0 Å². The van der Waals surface area contributed by atoms with Crippen molar-refractivity contribution in [1.82, 2.24) is 4.57 Å². The van der Waals surface area contributed by atoms with Gasteiger partial charge in [0.15, 0.2) is 0 Å². The summed E-state index contributed by atoms with van der Waals surface area (Å²) in [5.74, 6) is 1.09. The van der Waals surface area contributed by atoms with Crippen LogP contribution < -0.4 is 4.90 Å². The molecular weight excluding hydrogens is 997 g/mol. The molecule has 0 amide bonds. The zero-order chi connectivity index (χ0) is 54.6. The van der Waals surface area contributed by atoms with Crippen molar-refractivity contribution in [3.8, 4) is 61.3 Å². The molecule has 0 spiro atoms. The molecule has 0 saturated carbocycles. The fourth-order valence-corrected chi connectivity index (χ4v) is 14.5. The van der Waals surface area contributed by atoms with Crippen LogP contribution in [0.25, 0.3) is 122 Å². The minimum atomic E-state index is -0.283. The Hall–Kier alpha value is -9.90. The molecule has 0 radical (unpaired) electrons. The lowest BCUT2D eigenvalue weighted by Crippen LogP contribution is -2.18. The number of hydrogen-bond acceptors (Lipinski definition) is 3. The summed E-state index contributed by atoms with van der Waals surface area (Å²) in [4.78, 5) is 2.47. The summed E-state index contributed by atoms with van der Waals surface area (Å²) in [5, 5.41) is 6.01. The first-order chi connectivity index (χ1) is 40.2. The lowest BCUT2D eigenvalue weighted by atomic mass is 9.81. The second-order valence-corrected chi connectivity index (χ2v) is 23.9. The highest BCUT2D eigenvalue weighted by atomic mass is 16.3. The van der Waals surface area contributed by atoms with E-state index < -0.39 is 0 Å². The first kappa shape index (κ1) is 47.0. The summed E-state index contributed by atoms with van der Waals surface area (Å²) in [6.45, 7) is 9.57. The van der Waals surface area contributed by atoms with Gasteiger partial charge in [-0.1, -0.05) is 192 Å². The van der Waals surface area contributed by atoms with Crippen LogP contribution in [-0.2, 0) is 17.3 Å². The molecule has 14 aromatic rings. The van der Waals surface area contributed by atoms with E-state index in [-0.39, 0.29) is 10.8 Å². The molecule has 0 aliphatic heterocycles. The molecule has 3 aliphatic carbocycles. The molecule has 17 rings (SSSR count). The molecule has 0 saturated heterocycles. The molecule has 0 fully saturated rings. The van der Waals surface area contributed by atoms with Gasteiger partial charge in [-0.3, -0.25) is 0 Å². The molecule has 0 unspecified atom stereocenters. The Balaban J connectivity index is 0.760. The number of nitrogens with zero attached hydrogens (tertiary/aromatic N) is 2.